The molecular formula is C5H7Cl4N3O2. The van der Waals surface area contributed by atoms with Crippen LogP contribution in [0.2, 0.25) is 0 Å². The Morgan fingerprint density at radius 1 is 1.29 bits per heavy atom. The number of carbonyl (C=O) groups is 1. The Balaban J connectivity index is 3.98. The number of hydrogen-bond acceptors (Lipinski definition) is 3. The minimum atomic E-state index is -0.888. The lowest BCUT2D eigenvalue weighted by molar-refractivity contribution is 0.202. The molecule has 5 nitrogen and oxygen atoms in total. The van der Waals surface area contributed by atoms with E-state index in [9.17, 15) is 9.70 Å². The minimum Gasteiger partial charge on any atom is -0.334 e. The molecule has 1 N–H and O–H groups in total. The molecule has 0 unspecified atom stereocenters. The molecule has 0 heterocycles. The van der Waals surface area contributed by atoms with Gasteiger partial charge in [0.15, 0.2) is 0 Å². The van der Waals surface area contributed by atoms with Gasteiger partial charge in [0.1, 0.15) is 9.67 Å². The number of halogens is 4. The Kier molecular flexibility index (Phi) is 7.35. The van der Waals surface area contributed by atoms with Gasteiger partial charge in [-0.15, -0.1) is 51.3 Å². The van der Waals surface area contributed by atoms with Gasteiger partial charge in [-0.2, -0.15) is 5.01 Å². The molecular weight excluding hydrogens is 276 g/mol. The van der Waals surface area contributed by atoms with Crippen LogP contribution in [0, 0.1) is 4.91 Å². The summed E-state index contributed by atoms with van der Waals surface area (Å²) in [6.07, 6.45) is 0. The summed E-state index contributed by atoms with van der Waals surface area (Å²) in [4.78, 5) is 19.6. The zero-order valence-electron chi connectivity index (χ0n) is 6.79. The maximum absolute atomic E-state index is 11.1. The molecule has 0 aromatic heterocycles. The van der Waals surface area contributed by atoms with Crippen molar-refractivity contribution in [2.75, 3.05) is 13.1 Å². The van der Waals surface area contributed by atoms with Crippen LogP contribution >= 0.6 is 46.4 Å². The van der Waals surface area contributed by atoms with Gasteiger partial charge in [0.25, 0.3) is 0 Å². The zero-order valence-corrected chi connectivity index (χ0v) is 9.82. The van der Waals surface area contributed by atoms with E-state index in [1.54, 1.807) is 0 Å². The van der Waals surface area contributed by atoms with E-state index in [1.165, 1.54) is 0 Å². The molecule has 0 bridgehead atoms. The molecule has 0 fully saturated rings. The Morgan fingerprint density at radius 2 is 1.86 bits per heavy atom. The molecule has 0 radical (unpaired) electrons. The van der Waals surface area contributed by atoms with E-state index in [-0.39, 0.29) is 13.1 Å². The van der Waals surface area contributed by atoms with Gasteiger partial charge in [0.2, 0.25) is 0 Å². The number of urea groups is 1. The summed E-state index contributed by atoms with van der Waals surface area (Å²) < 4.78 is 0. The second-order valence-electron chi connectivity index (χ2n) is 2.13. The lowest BCUT2D eigenvalue weighted by atomic mass is 10.6. The van der Waals surface area contributed by atoms with Gasteiger partial charge < -0.3 is 5.32 Å². The van der Waals surface area contributed by atoms with Crippen molar-refractivity contribution in [3.63, 3.8) is 0 Å². The Bertz CT molecular complexity index is 201. The van der Waals surface area contributed by atoms with Gasteiger partial charge >= 0.3 is 6.03 Å². The molecule has 9 heteroatoms. The van der Waals surface area contributed by atoms with Gasteiger partial charge in [0.05, 0.1) is 11.8 Å². The molecule has 0 spiro atoms. The third-order valence-corrected chi connectivity index (χ3v) is 1.64. The smallest absolute Gasteiger partial charge is 0.334 e. The van der Waals surface area contributed by atoms with Crippen molar-refractivity contribution in [1.82, 2.24) is 10.3 Å². The van der Waals surface area contributed by atoms with Gasteiger partial charge in [-0.1, -0.05) is 0 Å². The minimum absolute atomic E-state index is 0.00318. The average Bonchev–Trinajstić information content (AvgIpc) is 2.09. The summed E-state index contributed by atoms with van der Waals surface area (Å²) in [5.74, 6) is 0. The maximum Gasteiger partial charge on any atom is 0.340 e. The molecule has 0 aliphatic heterocycles. The van der Waals surface area contributed by atoms with E-state index < -0.39 is 15.7 Å². The van der Waals surface area contributed by atoms with Gasteiger partial charge in [-0.3, -0.25) is 0 Å². The highest BCUT2D eigenvalue weighted by atomic mass is 35.5. The van der Waals surface area contributed by atoms with Gasteiger partial charge in [-0.25, -0.2) is 4.79 Å². The molecule has 0 saturated heterocycles. The summed E-state index contributed by atoms with van der Waals surface area (Å²) >= 11 is 21.4. The Morgan fingerprint density at radius 3 is 2.21 bits per heavy atom. The molecule has 14 heavy (non-hydrogen) atoms. The number of hydrogen-bond donors (Lipinski definition) is 1. The van der Waals surface area contributed by atoms with Crippen molar-refractivity contribution >= 4 is 52.4 Å². The number of nitrogens with zero attached hydrogens (tertiary/aromatic N) is 2. The molecule has 2 amide bonds. The second-order valence-corrected chi connectivity index (χ2v) is 4.69. The first kappa shape index (κ1) is 14.0. The lowest BCUT2D eigenvalue weighted by Gasteiger charge is -2.14. The molecule has 0 aliphatic rings. The van der Waals surface area contributed by atoms with E-state index in [1.807, 2.05) is 0 Å². The van der Waals surface area contributed by atoms with Gasteiger partial charge in [0, 0.05) is 6.54 Å². The van der Waals surface area contributed by atoms with Crippen LogP contribution < -0.4 is 5.32 Å². The van der Waals surface area contributed by atoms with Crippen molar-refractivity contribution in [3.8, 4) is 0 Å². The van der Waals surface area contributed by atoms with Crippen LogP contribution in [0.3, 0.4) is 0 Å². The van der Waals surface area contributed by atoms with Crippen molar-refractivity contribution in [2.24, 2.45) is 5.29 Å². The zero-order chi connectivity index (χ0) is 11.1. The first-order valence-electron chi connectivity index (χ1n) is 3.42. The summed E-state index contributed by atoms with van der Waals surface area (Å²) in [6.45, 7) is -0.198. The Hall–Kier alpha value is 0.0300. The number of nitrogens with one attached hydrogen (secondary N) is 1. The third kappa shape index (κ3) is 6.48. The fourth-order valence-electron chi connectivity index (χ4n) is 0.540. The summed E-state index contributed by atoms with van der Waals surface area (Å²) in [5, 5.41) is 5.22. The summed E-state index contributed by atoms with van der Waals surface area (Å²) in [7, 11) is 0. The quantitative estimate of drug-likeness (QED) is 0.478. The van der Waals surface area contributed by atoms with Crippen LogP contribution in [0.25, 0.3) is 0 Å². The predicted molar refractivity (Wildman–Crippen MR) is 56.9 cm³/mol. The van der Waals surface area contributed by atoms with Crippen molar-refractivity contribution in [3.05, 3.63) is 4.91 Å². The topological polar surface area (TPSA) is 61.8 Å². The lowest BCUT2D eigenvalue weighted by Crippen LogP contribution is -2.40. The van der Waals surface area contributed by atoms with E-state index in [2.05, 4.69) is 10.6 Å². The van der Waals surface area contributed by atoms with Crippen LogP contribution in [-0.4, -0.2) is 33.8 Å². The van der Waals surface area contributed by atoms with Crippen molar-refractivity contribution in [1.29, 1.82) is 0 Å². The van der Waals surface area contributed by atoms with E-state index in [0.717, 1.165) is 0 Å². The number of nitroso groups, excluding NO2 is 1. The van der Waals surface area contributed by atoms with Crippen LogP contribution in [0.5, 0.6) is 0 Å². The van der Waals surface area contributed by atoms with Crippen LogP contribution in [0.1, 0.15) is 0 Å². The normalized spacial score (nSPS) is 10.4. The fraction of sp³-hybridized carbons (Fsp3) is 0.800. The van der Waals surface area contributed by atoms with Crippen LogP contribution in [0.15, 0.2) is 5.29 Å². The first-order chi connectivity index (χ1) is 6.47. The van der Waals surface area contributed by atoms with E-state index in [4.69, 9.17) is 46.4 Å². The number of carbonyl (C=O) groups excluding carboxylic acids is 1. The number of alkyl halides is 4. The van der Waals surface area contributed by atoms with E-state index >= 15 is 0 Å². The standard InChI is InChI=1S/C5H7Cl4N3O2/c6-3(7)1-10-5(13)12(11-14)2-4(8)9/h3-4H,1-2H2,(H,10,13). The van der Waals surface area contributed by atoms with Gasteiger partial charge in [-0.05, 0) is 0 Å². The first-order valence-corrected chi connectivity index (χ1v) is 5.17. The van der Waals surface area contributed by atoms with Crippen LogP contribution in [-0.2, 0) is 0 Å². The second kappa shape index (κ2) is 7.34. The highest BCUT2D eigenvalue weighted by molar-refractivity contribution is 6.44. The Labute approximate surface area is 101 Å². The molecule has 0 atom stereocenters. The molecule has 0 aliphatic carbocycles. The molecule has 82 valence electrons. The van der Waals surface area contributed by atoms with E-state index in [0.29, 0.717) is 5.01 Å². The highest BCUT2D eigenvalue weighted by Crippen LogP contribution is 2.05. The summed E-state index contributed by atoms with van der Waals surface area (Å²) in [6, 6.07) is -0.752. The molecule has 0 aromatic rings. The van der Waals surface area contributed by atoms with Crippen molar-refractivity contribution in [2.45, 2.75) is 9.67 Å². The monoisotopic (exact) mass is 281 g/mol. The van der Waals surface area contributed by atoms with Crippen molar-refractivity contribution < 1.29 is 4.79 Å². The third-order valence-electron chi connectivity index (χ3n) is 1.05. The molecule has 0 rings (SSSR count). The average molecular weight is 283 g/mol. The van der Waals surface area contributed by atoms with Crippen LogP contribution in [0.4, 0.5) is 4.79 Å². The largest absolute Gasteiger partial charge is 0.340 e. The number of rotatable bonds is 5. The molecule has 0 aromatic carbocycles. The summed E-state index contributed by atoms with van der Waals surface area (Å²) in [5.41, 5.74) is 0. The predicted octanol–water partition coefficient (Wildman–Crippen LogP) is 2.29. The number of amides is 2. The maximum atomic E-state index is 11.1. The fourth-order valence-corrected chi connectivity index (χ4v) is 0.956. The highest BCUT2D eigenvalue weighted by Gasteiger charge is 2.17. The molecule has 0 saturated carbocycles. The SMILES string of the molecule is O=NN(CC(Cl)Cl)C(=O)NCC(Cl)Cl.